The quantitative estimate of drug-likeness (QED) is 0.903. The number of aryl methyl sites for hydroxylation is 1. The first-order chi connectivity index (χ1) is 8.99. The normalized spacial score (nSPS) is 10.3. The zero-order chi connectivity index (χ0) is 14.0. The number of carboxylic acid groups (broad SMARTS) is 1. The summed E-state index contributed by atoms with van der Waals surface area (Å²) < 4.78 is 6.15. The van der Waals surface area contributed by atoms with Crippen LogP contribution in [0.25, 0.3) is 0 Å². The number of halogens is 2. The minimum atomic E-state index is -1.05. The molecule has 0 aliphatic heterocycles. The van der Waals surface area contributed by atoms with Gasteiger partial charge in [-0.05, 0) is 40.5 Å². The van der Waals surface area contributed by atoms with E-state index in [0.717, 1.165) is 0 Å². The lowest BCUT2D eigenvalue weighted by molar-refractivity contribution is 0.0694. The Hall–Kier alpha value is -1.59. The van der Waals surface area contributed by atoms with E-state index in [2.05, 4.69) is 20.9 Å². The van der Waals surface area contributed by atoms with E-state index < -0.39 is 5.97 Å². The highest BCUT2D eigenvalue weighted by molar-refractivity contribution is 9.10. The third kappa shape index (κ3) is 3.05. The lowest BCUT2D eigenvalue weighted by atomic mass is 10.1. The van der Waals surface area contributed by atoms with Gasteiger partial charge in [-0.3, -0.25) is 0 Å². The van der Waals surface area contributed by atoms with Crippen molar-refractivity contribution in [3.8, 4) is 11.6 Å². The summed E-state index contributed by atoms with van der Waals surface area (Å²) in [5.74, 6) is -0.518. The second kappa shape index (κ2) is 5.59. The molecule has 1 aromatic heterocycles. The number of rotatable bonds is 3. The number of para-hydroxylation sites is 1. The fourth-order valence-electron chi connectivity index (χ4n) is 1.53. The van der Waals surface area contributed by atoms with Crippen LogP contribution in [0.1, 0.15) is 15.9 Å². The maximum Gasteiger partial charge on any atom is 0.339 e. The van der Waals surface area contributed by atoms with Crippen LogP contribution >= 0.6 is 27.5 Å². The number of aromatic nitrogens is 1. The average Bonchev–Trinajstić information content (AvgIpc) is 2.34. The Morgan fingerprint density at radius 3 is 2.84 bits per heavy atom. The Bertz CT molecular complexity index is 646. The summed E-state index contributed by atoms with van der Waals surface area (Å²) >= 11 is 9.06. The molecule has 6 heteroatoms. The van der Waals surface area contributed by atoms with Gasteiger partial charge in [0.1, 0.15) is 11.3 Å². The van der Waals surface area contributed by atoms with Crippen LogP contribution in [0.4, 0.5) is 0 Å². The lowest BCUT2D eigenvalue weighted by Gasteiger charge is -2.11. The van der Waals surface area contributed by atoms with Gasteiger partial charge in [0, 0.05) is 6.20 Å². The Labute approximate surface area is 123 Å². The van der Waals surface area contributed by atoms with Gasteiger partial charge in [0.2, 0.25) is 5.88 Å². The molecular weight excluding hydrogens is 334 g/mol. The fraction of sp³-hybridized carbons (Fsp3) is 0.0769. The topological polar surface area (TPSA) is 59.4 Å². The van der Waals surface area contributed by atoms with Crippen molar-refractivity contribution < 1.29 is 14.6 Å². The van der Waals surface area contributed by atoms with Crippen molar-refractivity contribution in [1.82, 2.24) is 4.98 Å². The molecule has 2 aromatic rings. The predicted octanol–water partition coefficient (Wildman–Crippen LogP) is 4.30. The number of nitrogens with zero attached hydrogens (tertiary/aromatic N) is 1. The molecule has 0 aliphatic carbocycles. The molecule has 98 valence electrons. The molecule has 2 rings (SSSR count). The van der Waals surface area contributed by atoms with E-state index in [1.54, 1.807) is 25.1 Å². The highest BCUT2D eigenvalue weighted by Gasteiger charge is 2.16. The van der Waals surface area contributed by atoms with Crippen LogP contribution < -0.4 is 4.74 Å². The third-order valence-corrected chi connectivity index (χ3v) is 3.19. The second-order valence-corrected chi connectivity index (χ2v) is 5.09. The van der Waals surface area contributed by atoms with Crippen LogP contribution in [-0.4, -0.2) is 16.1 Å². The first-order valence-corrected chi connectivity index (χ1v) is 6.48. The fourth-order valence-corrected chi connectivity index (χ4v) is 2.25. The highest BCUT2D eigenvalue weighted by Crippen LogP contribution is 2.33. The van der Waals surface area contributed by atoms with Gasteiger partial charge in [0.25, 0.3) is 0 Å². The number of aromatic carboxylic acids is 1. The molecule has 0 aliphatic rings. The number of hydrogen-bond donors (Lipinski definition) is 1. The Balaban J connectivity index is 2.46. The van der Waals surface area contributed by atoms with Crippen molar-refractivity contribution in [1.29, 1.82) is 0 Å². The highest BCUT2D eigenvalue weighted by atomic mass is 79.9. The molecule has 0 bridgehead atoms. The number of carboxylic acids is 1. The monoisotopic (exact) mass is 341 g/mol. The van der Waals surface area contributed by atoms with Crippen LogP contribution in [0.3, 0.4) is 0 Å². The molecule has 1 heterocycles. The third-order valence-electron chi connectivity index (χ3n) is 2.42. The number of carbonyl (C=O) groups is 1. The van der Waals surface area contributed by atoms with Gasteiger partial charge in [-0.15, -0.1) is 0 Å². The summed E-state index contributed by atoms with van der Waals surface area (Å²) in [4.78, 5) is 15.2. The SMILES string of the molecule is Cc1cccc(C(=O)O)c1Oc1ncc(Cl)cc1Br. The van der Waals surface area contributed by atoms with Gasteiger partial charge < -0.3 is 9.84 Å². The maximum atomic E-state index is 11.2. The van der Waals surface area contributed by atoms with Crippen LogP contribution in [0.15, 0.2) is 34.9 Å². The largest absolute Gasteiger partial charge is 0.478 e. The second-order valence-electron chi connectivity index (χ2n) is 3.80. The molecule has 0 saturated heterocycles. The average molecular weight is 343 g/mol. The standard InChI is InChI=1S/C13H9BrClNO3/c1-7-3-2-4-9(13(17)18)11(7)19-12-10(14)5-8(15)6-16-12/h2-6H,1H3,(H,17,18). The van der Waals surface area contributed by atoms with Crippen molar-refractivity contribution in [2.45, 2.75) is 6.92 Å². The smallest absolute Gasteiger partial charge is 0.339 e. The van der Waals surface area contributed by atoms with Crippen molar-refractivity contribution >= 4 is 33.5 Å². The molecule has 0 radical (unpaired) electrons. The summed E-state index contributed by atoms with van der Waals surface area (Å²) in [5.41, 5.74) is 0.798. The molecule has 0 saturated carbocycles. The summed E-state index contributed by atoms with van der Waals surface area (Å²) in [6, 6.07) is 6.54. The first-order valence-electron chi connectivity index (χ1n) is 5.31. The Morgan fingerprint density at radius 1 is 1.47 bits per heavy atom. The van der Waals surface area contributed by atoms with E-state index in [1.165, 1.54) is 12.3 Å². The minimum absolute atomic E-state index is 0.0867. The zero-order valence-corrected chi connectivity index (χ0v) is 12.2. The number of pyridine rings is 1. The van der Waals surface area contributed by atoms with Gasteiger partial charge in [-0.25, -0.2) is 9.78 Å². The summed E-state index contributed by atoms with van der Waals surface area (Å²) in [7, 11) is 0. The van der Waals surface area contributed by atoms with E-state index in [9.17, 15) is 4.79 Å². The molecule has 0 fully saturated rings. The summed E-state index contributed by atoms with van der Waals surface area (Å²) in [6.45, 7) is 1.77. The minimum Gasteiger partial charge on any atom is -0.478 e. The van der Waals surface area contributed by atoms with Crippen molar-refractivity contribution in [3.63, 3.8) is 0 Å². The van der Waals surface area contributed by atoms with Crippen molar-refractivity contribution in [2.24, 2.45) is 0 Å². The predicted molar refractivity (Wildman–Crippen MR) is 75.2 cm³/mol. The summed E-state index contributed by atoms with van der Waals surface area (Å²) in [5, 5.41) is 9.61. The number of hydrogen-bond acceptors (Lipinski definition) is 3. The molecule has 0 unspecified atom stereocenters. The van der Waals surface area contributed by atoms with Crippen LogP contribution in [0.2, 0.25) is 5.02 Å². The van der Waals surface area contributed by atoms with E-state index in [4.69, 9.17) is 21.4 Å². The van der Waals surface area contributed by atoms with E-state index >= 15 is 0 Å². The molecule has 1 N–H and O–H groups in total. The van der Waals surface area contributed by atoms with Gasteiger partial charge in [-0.2, -0.15) is 0 Å². The van der Waals surface area contributed by atoms with Crippen LogP contribution in [0.5, 0.6) is 11.6 Å². The lowest BCUT2D eigenvalue weighted by Crippen LogP contribution is -2.02. The van der Waals surface area contributed by atoms with E-state index in [1.807, 2.05) is 0 Å². The van der Waals surface area contributed by atoms with E-state index in [-0.39, 0.29) is 17.2 Å². The van der Waals surface area contributed by atoms with Gasteiger partial charge in [-0.1, -0.05) is 23.7 Å². The molecule has 0 spiro atoms. The molecule has 0 amide bonds. The zero-order valence-electron chi connectivity index (χ0n) is 9.85. The van der Waals surface area contributed by atoms with Gasteiger partial charge >= 0.3 is 5.97 Å². The molecule has 0 atom stereocenters. The molecular formula is C13H9BrClNO3. The Morgan fingerprint density at radius 2 is 2.21 bits per heavy atom. The van der Waals surface area contributed by atoms with Crippen molar-refractivity contribution in [3.05, 3.63) is 51.1 Å². The first kappa shape index (κ1) is 13.8. The maximum absolute atomic E-state index is 11.2. The number of benzene rings is 1. The van der Waals surface area contributed by atoms with Crippen LogP contribution in [-0.2, 0) is 0 Å². The van der Waals surface area contributed by atoms with Crippen molar-refractivity contribution in [2.75, 3.05) is 0 Å². The van der Waals surface area contributed by atoms with Gasteiger partial charge in [0.05, 0.1) is 9.50 Å². The molecule has 4 nitrogen and oxygen atoms in total. The van der Waals surface area contributed by atoms with Gasteiger partial charge in [0.15, 0.2) is 0 Å². The Kier molecular flexibility index (Phi) is 4.07. The van der Waals surface area contributed by atoms with E-state index in [0.29, 0.717) is 15.1 Å². The molecule has 19 heavy (non-hydrogen) atoms. The summed E-state index contributed by atoms with van der Waals surface area (Å²) in [6.07, 6.45) is 1.43. The molecule has 1 aromatic carbocycles. The number of ether oxygens (including phenoxy) is 1. The van der Waals surface area contributed by atoms with Crippen LogP contribution in [0, 0.1) is 6.92 Å².